The molecule has 0 amide bonds. The molecule has 108 valence electrons. The molecular weight excluding hydrogens is 268 g/mol. The maximum absolute atomic E-state index is 9.35. The van der Waals surface area contributed by atoms with Crippen LogP contribution >= 0.6 is 0 Å². The molecule has 0 radical (unpaired) electrons. The molecule has 0 aliphatic carbocycles. The summed E-state index contributed by atoms with van der Waals surface area (Å²) >= 11 is 0. The second-order valence-corrected chi connectivity index (χ2v) is 4.62. The van der Waals surface area contributed by atoms with E-state index in [4.69, 9.17) is 9.47 Å². The van der Waals surface area contributed by atoms with E-state index in [9.17, 15) is 5.11 Å². The number of aliphatic hydroxyl groups is 1. The lowest BCUT2D eigenvalue weighted by atomic mass is 10.2. The van der Waals surface area contributed by atoms with Gasteiger partial charge in [0.05, 0.1) is 19.4 Å². The van der Waals surface area contributed by atoms with Gasteiger partial charge in [-0.25, -0.2) is 4.98 Å². The number of fused-ring (bicyclic) bond motifs is 1. The average Bonchev–Trinajstić information content (AvgIpc) is 2.95. The number of rotatable bonds is 5. The van der Waals surface area contributed by atoms with E-state index in [2.05, 4.69) is 4.98 Å². The van der Waals surface area contributed by atoms with Gasteiger partial charge in [0.1, 0.15) is 23.8 Å². The van der Waals surface area contributed by atoms with Gasteiger partial charge in [0.25, 0.3) is 0 Å². The number of methoxy groups -OCH3 is 1. The zero-order valence-electron chi connectivity index (χ0n) is 11.7. The Morgan fingerprint density at radius 1 is 1.24 bits per heavy atom. The Kier molecular flexibility index (Phi) is 3.75. The highest BCUT2D eigenvalue weighted by Gasteiger charge is 2.07. The fraction of sp³-hybridized carbons (Fsp3) is 0.188. The number of nitrogens with zero attached hydrogens (tertiary/aromatic N) is 2. The Labute approximate surface area is 122 Å². The molecule has 5 heteroatoms. The van der Waals surface area contributed by atoms with Crippen LogP contribution in [0.1, 0.15) is 11.3 Å². The summed E-state index contributed by atoms with van der Waals surface area (Å²) in [6, 6.07) is 11.2. The molecule has 0 unspecified atom stereocenters. The lowest BCUT2D eigenvalue weighted by molar-refractivity contribution is 0.256. The normalized spacial score (nSPS) is 10.8. The van der Waals surface area contributed by atoms with Gasteiger partial charge in [-0.3, -0.25) is 0 Å². The first-order valence-electron chi connectivity index (χ1n) is 6.63. The molecule has 0 saturated carbocycles. The van der Waals surface area contributed by atoms with Crippen molar-refractivity contribution in [3.63, 3.8) is 0 Å². The van der Waals surface area contributed by atoms with Crippen LogP contribution < -0.4 is 9.47 Å². The molecule has 0 fully saturated rings. The Hall–Kier alpha value is -2.53. The van der Waals surface area contributed by atoms with Crippen LogP contribution in [0.25, 0.3) is 5.65 Å². The van der Waals surface area contributed by atoms with E-state index in [0.29, 0.717) is 18.1 Å². The van der Waals surface area contributed by atoms with Crippen LogP contribution in [-0.4, -0.2) is 21.6 Å². The number of hydrogen-bond acceptors (Lipinski definition) is 4. The molecule has 1 N–H and O–H groups in total. The molecule has 0 saturated heterocycles. The molecule has 3 aromatic rings. The molecule has 0 spiro atoms. The summed E-state index contributed by atoms with van der Waals surface area (Å²) in [4.78, 5) is 4.47. The summed E-state index contributed by atoms with van der Waals surface area (Å²) in [5.41, 5.74) is 2.43. The van der Waals surface area contributed by atoms with Crippen molar-refractivity contribution in [3.05, 3.63) is 60.0 Å². The van der Waals surface area contributed by atoms with Crippen LogP contribution in [0.5, 0.6) is 11.5 Å². The molecule has 2 aromatic heterocycles. The molecule has 2 heterocycles. The smallest absolute Gasteiger partial charge is 0.137 e. The SMILES string of the molecule is COc1ccc(CO)c(OCc2cn3ccccc3n2)c1. The molecule has 21 heavy (non-hydrogen) atoms. The van der Waals surface area contributed by atoms with Gasteiger partial charge < -0.3 is 19.0 Å². The standard InChI is InChI=1S/C16H16N2O3/c1-20-14-6-5-12(10-19)15(8-14)21-11-13-9-18-7-3-2-4-16(18)17-13/h2-9,19H,10-11H2,1H3. The number of ether oxygens (including phenoxy) is 2. The van der Waals surface area contributed by atoms with Crippen molar-refractivity contribution in [2.45, 2.75) is 13.2 Å². The third-order valence-electron chi connectivity index (χ3n) is 3.23. The van der Waals surface area contributed by atoms with Crippen molar-refractivity contribution >= 4 is 5.65 Å². The Balaban J connectivity index is 1.80. The largest absolute Gasteiger partial charge is 0.497 e. The van der Waals surface area contributed by atoms with Crippen molar-refractivity contribution in [1.29, 1.82) is 0 Å². The Bertz CT molecular complexity index is 719. The number of aromatic nitrogens is 2. The number of benzene rings is 1. The predicted molar refractivity (Wildman–Crippen MR) is 78.4 cm³/mol. The molecule has 0 bridgehead atoms. The number of hydrogen-bond donors (Lipinski definition) is 1. The summed E-state index contributed by atoms with van der Waals surface area (Å²) < 4.78 is 12.9. The molecule has 1 aromatic carbocycles. The van der Waals surface area contributed by atoms with Gasteiger partial charge >= 0.3 is 0 Å². The number of pyridine rings is 1. The maximum atomic E-state index is 9.35. The van der Waals surface area contributed by atoms with Crippen molar-refractivity contribution in [2.24, 2.45) is 0 Å². The zero-order valence-corrected chi connectivity index (χ0v) is 11.7. The van der Waals surface area contributed by atoms with E-state index in [1.54, 1.807) is 25.3 Å². The van der Waals surface area contributed by atoms with Gasteiger partial charge in [0, 0.05) is 24.0 Å². The molecule has 0 atom stereocenters. The lowest BCUT2D eigenvalue weighted by Crippen LogP contribution is -1.99. The quantitative estimate of drug-likeness (QED) is 0.781. The average molecular weight is 284 g/mol. The number of imidazole rings is 1. The third kappa shape index (κ3) is 2.83. The van der Waals surface area contributed by atoms with Crippen molar-refractivity contribution in [1.82, 2.24) is 9.38 Å². The van der Waals surface area contributed by atoms with Crippen LogP contribution in [0.4, 0.5) is 0 Å². The van der Waals surface area contributed by atoms with Gasteiger partial charge in [-0.05, 0) is 24.3 Å². The minimum absolute atomic E-state index is 0.0789. The van der Waals surface area contributed by atoms with Crippen molar-refractivity contribution in [2.75, 3.05) is 7.11 Å². The van der Waals surface area contributed by atoms with E-state index >= 15 is 0 Å². The predicted octanol–water partition coefficient (Wildman–Crippen LogP) is 2.41. The van der Waals surface area contributed by atoms with Crippen molar-refractivity contribution < 1.29 is 14.6 Å². The van der Waals surface area contributed by atoms with Gasteiger partial charge in [-0.15, -0.1) is 0 Å². The first-order chi connectivity index (χ1) is 10.3. The maximum Gasteiger partial charge on any atom is 0.137 e. The second-order valence-electron chi connectivity index (χ2n) is 4.62. The molecule has 3 rings (SSSR count). The second kappa shape index (κ2) is 5.85. The van der Waals surface area contributed by atoms with E-state index in [-0.39, 0.29) is 6.61 Å². The van der Waals surface area contributed by atoms with Crippen LogP contribution in [0.2, 0.25) is 0 Å². The topological polar surface area (TPSA) is 56.0 Å². The minimum atomic E-state index is -0.0789. The van der Waals surface area contributed by atoms with Gasteiger partial charge in [-0.2, -0.15) is 0 Å². The zero-order chi connectivity index (χ0) is 14.7. The fourth-order valence-corrected chi connectivity index (χ4v) is 2.14. The van der Waals surface area contributed by atoms with Crippen molar-refractivity contribution in [3.8, 4) is 11.5 Å². The van der Waals surface area contributed by atoms with E-state index in [0.717, 1.165) is 16.9 Å². The van der Waals surface area contributed by atoms with Crippen LogP contribution in [0.3, 0.4) is 0 Å². The van der Waals surface area contributed by atoms with Crippen LogP contribution in [0.15, 0.2) is 48.8 Å². The highest BCUT2D eigenvalue weighted by molar-refractivity contribution is 5.41. The van der Waals surface area contributed by atoms with Gasteiger partial charge in [0.2, 0.25) is 0 Å². The van der Waals surface area contributed by atoms with Crippen LogP contribution in [-0.2, 0) is 13.2 Å². The lowest BCUT2D eigenvalue weighted by Gasteiger charge is -2.10. The van der Waals surface area contributed by atoms with E-state index in [1.165, 1.54) is 0 Å². The molecule has 0 aliphatic rings. The highest BCUT2D eigenvalue weighted by Crippen LogP contribution is 2.25. The van der Waals surface area contributed by atoms with Gasteiger partial charge in [0.15, 0.2) is 0 Å². The van der Waals surface area contributed by atoms with Crippen LogP contribution in [0, 0.1) is 0 Å². The summed E-state index contributed by atoms with van der Waals surface area (Å²) in [6.45, 7) is 0.256. The highest BCUT2D eigenvalue weighted by atomic mass is 16.5. The van der Waals surface area contributed by atoms with E-state index in [1.807, 2.05) is 35.0 Å². The monoisotopic (exact) mass is 284 g/mol. The van der Waals surface area contributed by atoms with E-state index < -0.39 is 0 Å². The fourth-order valence-electron chi connectivity index (χ4n) is 2.14. The molecule has 5 nitrogen and oxygen atoms in total. The Morgan fingerprint density at radius 2 is 2.14 bits per heavy atom. The first kappa shape index (κ1) is 13.5. The van der Waals surface area contributed by atoms with Gasteiger partial charge in [-0.1, -0.05) is 6.07 Å². The molecule has 0 aliphatic heterocycles. The third-order valence-corrected chi connectivity index (χ3v) is 3.23. The Morgan fingerprint density at radius 3 is 2.90 bits per heavy atom. The number of aliphatic hydroxyl groups excluding tert-OH is 1. The summed E-state index contributed by atoms with van der Waals surface area (Å²) in [5.74, 6) is 1.30. The summed E-state index contributed by atoms with van der Waals surface area (Å²) in [5, 5.41) is 9.35. The first-order valence-corrected chi connectivity index (χ1v) is 6.63. The molecular formula is C16H16N2O3. The summed E-state index contributed by atoms with van der Waals surface area (Å²) in [6.07, 6.45) is 3.87. The minimum Gasteiger partial charge on any atom is -0.497 e. The summed E-state index contributed by atoms with van der Waals surface area (Å²) in [7, 11) is 1.60.